The Balaban J connectivity index is 1.90. The van der Waals surface area contributed by atoms with Crippen molar-refractivity contribution in [3.05, 3.63) is 34.1 Å². The summed E-state index contributed by atoms with van der Waals surface area (Å²) < 4.78 is 7.53. The van der Waals surface area contributed by atoms with Gasteiger partial charge in [-0.15, -0.1) is 0 Å². The minimum Gasteiger partial charge on any atom is -0.492 e. The van der Waals surface area contributed by atoms with Gasteiger partial charge in [0.1, 0.15) is 5.56 Å². The van der Waals surface area contributed by atoms with E-state index < -0.39 is 29.3 Å². The van der Waals surface area contributed by atoms with Crippen molar-refractivity contribution in [1.29, 1.82) is 0 Å². The van der Waals surface area contributed by atoms with Crippen LogP contribution in [0.4, 0.5) is 5.69 Å². The minimum atomic E-state index is -1.26. The standard InChI is InChI=1S/C21H26N2O7/c1-30-20-16(22-6-11(9-24)18(26)12(7-22)10-25)5-4-14-17(20)23(13-2-3-13)8-15(19(14)27)21(28)29/h4-5,8,11-13,18,24-26H,2-3,6-7,9-10H2,1H3,(H,28,29). The number of carboxylic acid groups (broad SMARTS) is 1. The Labute approximate surface area is 172 Å². The predicted octanol–water partition coefficient (Wildman–Crippen LogP) is 0.441. The summed E-state index contributed by atoms with van der Waals surface area (Å²) in [5, 5.41) is 39.4. The molecule has 0 radical (unpaired) electrons. The van der Waals surface area contributed by atoms with E-state index in [1.165, 1.54) is 13.3 Å². The third-order valence-corrected chi connectivity index (χ3v) is 6.19. The van der Waals surface area contributed by atoms with Crippen LogP contribution in [0.15, 0.2) is 23.1 Å². The SMILES string of the molecule is COc1c(N2CC(CO)C(O)C(CO)C2)ccc2c(=O)c(C(=O)O)cn(C3CC3)c12. The number of aromatic nitrogens is 1. The van der Waals surface area contributed by atoms with Crippen LogP contribution in [0.2, 0.25) is 0 Å². The normalized spacial score (nSPS) is 24.3. The van der Waals surface area contributed by atoms with Gasteiger partial charge in [-0.3, -0.25) is 4.79 Å². The average molecular weight is 418 g/mol. The van der Waals surface area contributed by atoms with Gasteiger partial charge in [-0.25, -0.2) is 4.79 Å². The number of anilines is 1. The highest BCUT2D eigenvalue weighted by atomic mass is 16.5. The molecule has 1 saturated heterocycles. The molecule has 0 bridgehead atoms. The minimum absolute atomic E-state index is 0.105. The molecule has 30 heavy (non-hydrogen) atoms. The Bertz CT molecular complexity index is 1020. The molecule has 2 fully saturated rings. The quantitative estimate of drug-likeness (QED) is 0.531. The Hall–Kier alpha value is -2.62. The highest BCUT2D eigenvalue weighted by molar-refractivity contribution is 5.97. The average Bonchev–Trinajstić information content (AvgIpc) is 3.58. The molecule has 2 unspecified atom stereocenters. The number of benzene rings is 1. The van der Waals surface area contributed by atoms with Gasteiger partial charge in [0, 0.05) is 37.2 Å². The molecule has 2 heterocycles. The van der Waals surface area contributed by atoms with Crippen LogP contribution < -0.4 is 15.1 Å². The maximum atomic E-state index is 12.8. The smallest absolute Gasteiger partial charge is 0.341 e. The van der Waals surface area contributed by atoms with Crippen molar-refractivity contribution in [1.82, 2.24) is 4.57 Å². The van der Waals surface area contributed by atoms with Gasteiger partial charge in [0.25, 0.3) is 0 Å². The number of carbonyl (C=O) groups is 1. The molecule has 0 spiro atoms. The summed E-state index contributed by atoms with van der Waals surface area (Å²) in [7, 11) is 1.50. The molecular formula is C21H26N2O7. The number of rotatable bonds is 6. The van der Waals surface area contributed by atoms with Crippen LogP contribution in [0.25, 0.3) is 10.9 Å². The number of methoxy groups -OCH3 is 1. The molecule has 1 aliphatic carbocycles. The van der Waals surface area contributed by atoms with E-state index in [-0.39, 0.29) is 30.2 Å². The van der Waals surface area contributed by atoms with Crippen LogP contribution in [0.1, 0.15) is 29.2 Å². The van der Waals surface area contributed by atoms with Crippen LogP contribution in [-0.2, 0) is 0 Å². The molecule has 9 heteroatoms. The highest BCUT2D eigenvalue weighted by Gasteiger charge is 2.37. The number of hydrogen-bond acceptors (Lipinski definition) is 7. The number of hydrogen-bond donors (Lipinski definition) is 4. The predicted molar refractivity (Wildman–Crippen MR) is 109 cm³/mol. The molecule has 1 aliphatic heterocycles. The van der Waals surface area contributed by atoms with Crippen molar-refractivity contribution < 1.29 is 30.0 Å². The second kappa shape index (κ2) is 7.90. The summed E-state index contributed by atoms with van der Waals surface area (Å²) in [5.41, 5.74) is 0.381. The fraction of sp³-hybridized carbons (Fsp3) is 0.524. The molecular weight excluding hydrogens is 392 g/mol. The van der Waals surface area contributed by atoms with Gasteiger partial charge >= 0.3 is 5.97 Å². The van der Waals surface area contributed by atoms with Crippen molar-refractivity contribution in [3.8, 4) is 5.75 Å². The number of nitrogens with zero attached hydrogens (tertiary/aromatic N) is 2. The van der Waals surface area contributed by atoms with E-state index >= 15 is 0 Å². The second-order valence-electron chi connectivity index (χ2n) is 8.11. The molecule has 1 aromatic heterocycles. The summed E-state index contributed by atoms with van der Waals surface area (Å²) in [4.78, 5) is 26.3. The van der Waals surface area contributed by atoms with Gasteiger partial charge < -0.3 is 34.6 Å². The highest BCUT2D eigenvalue weighted by Crippen LogP contribution is 2.43. The molecule has 1 saturated carbocycles. The third kappa shape index (κ3) is 3.32. The van der Waals surface area contributed by atoms with E-state index in [1.54, 1.807) is 12.1 Å². The number of aliphatic hydroxyl groups excluding tert-OH is 3. The van der Waals surface area contributed by atoms with Crippen molar-refractivity contribution in [3.63, 3.8) is 0 Å². The van der Waals surface area contributed by atoms with E-state index in [0.29, 0.717) is 30.0 Å². The summed E-state index contributed by atoms with van der Waals surface area (Å²) in [6.45, 7) is 0.269. The zero-order chi connectivity index (χ0) is 21.6. The van der Waals surface area contributed by atoms with E-state index in [2.05, 4.69) is 0 Å². The van der Waals surface area contributed by atoms with Crippen molar-refractivity contribution >= 4 is 22.6 Å². The molecule has 1 aromatic carbocycles. The number of piperidine rings is 1. The van der Waals surface area contributed by atoms with Crippen LogP contribution >= 0.6 is 0 Å². The van der Waals surface area contributed by atoms with Crippen molar-refractivity contribution in [2.45, 2.75) is 25.0 Å². The lowest BCUT2D eigenvalue weighted by Gasteiger charge is -2.42. The van der Waals surface area contributed by atoms with Gasteiger partial charge in [-0.1, -0.05) is 0 Å². The van der Waals surface area contributed by atoms with Crippen LogP contribution in [0.3, 0.4) is 0 Å². The first kappa shape index (κ1) is 20.6. The number of aliphatic hydroxyl groups is 3. The molecule has 2 atom stereocenters. The first-order valence-corrected chi connectivity index (χ1v) is 10.0. The van der Waals surface area contributed by atoms with Crippen molar-refractivity contribution in [2.75, 3.05) is 38.3 Å². The van der Waals surface area contributed by atoms with Crippen LogP contribution in [0, 0.1) is 11.8 Å². The van der Waals surface area contributed by atoms with Crippen LogP contribution in [0.5, 0.6) is 5.75 Å². The third-order valence-electron chi connectivity index (χ3n) is 6.19. The second-order valence-corrected chi connectivity index (χ2v) is 8.11. The summed E-state index contributed by atoms with van der Waals surface area (Å²) >= 11 is 0. The molecule has 162 valence electrons. The Morgan fingerprint density at radius 2 is 1.80 bits per heavy atom. The topological polar surface area (TPSA) is 132 Å². The maximum absolute atomic E-state index is 12.8. The monoisotopic (exact) mass is 418 g/mol. The number of pyridine rings is 1. The Morgan fingerprint density at radius 3 is 2.30 bits per heavy atom. The summed E-state index contributed by atoms with van der Waals surface area (Å²) in [6.07, 6.45) is 2.36. The lowest BCUT2D eigenvalue weighted by Crippen LogP contribution is -2.52. The van der Waals surface area contributed by atoms with Crippen molar-refractivity contribution in [2.24, 2.45) is 11.8 Å². The van der Waals surface area contributed by atoms with Gasteiger partial charge in [-0.05, 0) is 25.0 Å². The van der Waals surface area contributed by atoms with E-state index in [9.17, 15) is 30.0 Å². The first-order valence-electron chi connectivity index (χ1n) is 10.0. The molecule has 4 N–H and O–H groups in total. The molecule has 4 rings (SSSR count). The van der Waals surface area contributed by atoms with E-state index in [4.69, 9.17) is 4.74 Å². The fourth-order valence-electron chi connectivity index (χ4n) is 4.42. The van der Waals surface area contributed by atoms with Gasteiger partial charge in [-0.2, -0.15) is 0 Å². The summed E-state index contributed by atoms with van der Waals surface area (Å²) in [5.74, 6) is -1.69. The molecule has 9 nitrogen and oxygen atoms in total. The van der Waals surface area contributed by atoms with Gasteiger partial charge in [0.15, 0.2) is 5.75 Å². The van der Waals surface area contributed by atoms with Crippen LogP contribution in [-0.4, -0.2) is 70.5 Å². The number of aromatic carboxylic acids is 1. The molecule has 0 amide bonds. The van der Waals surface area contributed by atoms with E-state index in [0.717, 1.165) is 12.8 Å². The van der Waals surface area contributed by atoms with Gasteiger partial charge in [0.05, 0.1) is 43.0 Å². The number of ether oxygens (including phenoxy) is 1. The maximum Gasteiger partial charge on any atom is 0.341 e. The Morgan fingerprint density at radius 1 is 1.17 bits per heavy atom. The number of fused-ring (bicyclic) bond motifs is 1. The lowest BCUT2D eigenvalue weighted by molar-refractivity contribution is -0.00854. The first-order chi connectivity index (χ1) is 14.4. The molecule has 2 aromatic rings. The number of carboxylic acids is 1. The van der Waals surface area contributed by atoms with E-state index in [1.807, 2.05) is 9.47 Å². The zero-order valence-corrected chi connectivity index (χ0v) is 16.7. The molecule has 2 aliphatic rings. The fourth-order valence-corrected chi connectivity index (χ4v) is 4.42. The largest absolute Gasteiger partial charge is 0.492 e. The summed E-state index contributed by atoms with van der Waals surface area (Å²) in [6, 6.07) is 3.41. The Kier molecular flexibility index (Phi) is 5.44. The lowest BCUT2D eigenvalue weighted by atomic mass is 9.86. The zero-order valence-electron chi connectivity index (χ0n) is 16.7. The van der Waals surface area contributed by atoms with Gasteiger partial charge in [0.2, 0.25) is 5.43 Å².